The number of hydrogen-bond donors (Lipinski definition) is 0. The fourth-order valence-corrected chi connectivity index (χ4v) is 4.07. The number of ether oxygens (including phenoxy) is 1. The van der Waals surface area contributed by atoms with Crippen molar-refractivity contribution in [3.63, 3.8) is 0 Å². The van der Waals surface area contributed by atoms with Crippen LogP contribution >= 0.6 is 23.1 Å². The lowest BCUT2D eigenvalue weighted by Crippen LogP contribution is -2.07. The zero-order chi connectivity index (χ0) is 18.5. The van der Waals surface area contributed by atoms with E-state index in [2.05, 4.69) is 24.9 Å². The lowest BCUT2D eigenvalue weighted by atomic mass is 10.2. The summed E-state index contributed by atoms with van der Waals surface area (Å²) in [6, 6.07) is 9.83. The summed E-state index contributed by atoms with van der Waals surface area (Å²) in [6.45, 7) is 1.25. The summed E-state index contributed by atoms with van der Waals surface area (Å²) in [5.74, 6) is 2.24. The average Bonchev–Trinajstić information content (AvgIpc) is 3.45. The minimum absolute atomic E-state index is 0.580. The third kappa shape index (κ3) is 4.10. The van der Waals surface area contributed by atoms with E-state index in [0.29, 0.717) is 18.9 Å². The molecule has 0 aliphatic carbocycles. The molecule has 4 heterocycles. The van der Waals surface area contributed by atoms with Gasteiger partial charge >= 0.3 is 0 Å². The Labute approximate surface area is 164 Å². The molecule has 0 atom stereocenters. The molecule has 0 spiro atoms. The molecule has 0 aliphatic rings. The molecule has 4 aromatic heterocycles. The van der Waals surface area contributed by atoms with Gasteiger partial charge in [-0.1, -0.05) is 23.0 Å². The van der Waals surface area contributed by atoms with E-state index in [4.69, 9.17) is 9.26 Å². The van der Waals surface area contributed by atoms with Gasteiger partial charge in [-0.3, -0.25) is 9.55 Å². The van der Waals surface area contributed by atoms with Crippen LogP contribution in [0.5, 0.6) is 0 Å². The quantitative estimate of drug-likeness (QED) is 0.414. The molecule has 0 aliphatic heterocycles. The van der Waals surface area contributed by atoms with Crippen molar-refractivity contribution in [2.45, 2.75) is 17.5 Å². The highest BCUT2D eigenvalue weighted by atomic mass is 32.2. The van der Waals surface area contributed by atoms with Crippen molar-refractivity contribution >= 4 is 23.1 Å². The highest BCUT2D eigenvalue weighted by Gasteiger charge is 2.15. The summed E-state index contributed by atoms with van der Waals surface area (Å²) in [6.07, 6.45) is 3.50. The number of rotatable bonds is 8. The summed E-state index contributed by atoms with van der Waals surface area (Å²) in [5.41, 5.74) is 1.84. The first-order valence-electron chi connectivity index (χ1n) is 8.30. The van der Waals surface area contributed by atoms with E-state index in [-0.39, 0.29) is 0 Å². The highest BCUT2D eigenvalue weighted by Crippen LogP contribution is 2.29. The minimum atomic E-state index is 0.580. The van der Waals surface area contributed by atoms with Gasteiger partial charge in [0, 0.05) is 36.9 Å². The fourth-order valence-electron chi connectivity index (χ4n) is 2.55. The van der Waals surface area contributed by atoms with E-state index in [0.717, 1.165) is 32.9 Å². The molecular weight excluding hydrogens is 382 g/mol. The predicted octanol–water partition coefficient (Wildman–Crippen LogP) is 4.00. The molecule has 0 amide bonds. The van der Waals surface area contributed by atoms with Crippen molar-refractivity contribution in [3.8, 4) is 22.0 Å². The largest absolute Gasteiger partial charge is 0.383 e. The molecule has 7 nitrogen and oxygen atoms in total. The van der Waals surface area contributed by atoms with Gasteiger partial charge < -0.3 is 9.26 Å². The monoisotopic (exact) mass is 399 g/mol. The van der Waals surface area contributed by atoms with Crippen molar-refractivity contribution in [3.05, 3.63) is 53.8 Å². The van der Waals surface area contributed by atoms with Gasteiger partial charge in [0.25, 0.3) is 0 Å². The van der Waals surface area contributed by atoms with Crippen molar-refractivity contribution in [1.29, 1.82) is 0 Å². The van der Waals surface area contributed by atoms with E-state index in [1.807, 2.05) is 35.7 Å². The number of hydrogen-bond acceptors (Lipinski definition) is 8. The molecule has 0 saturated heterocycles. The summed E-state index contributed by atoms with van der Waals surface area (Å²) < 4.78 is 12.7. The minimum Gasteiger partial charge on any atom is -0.383 e. The number of thiophene rings is 1. The van der Waals surface area contributed by atoms with Gasteiger partial charge in [-0.2, -0.15) is 0 Å². The first kappa shape index (κ1) is 17.9. The maximum Gasteiger partial charge on any atom is 0.191 e. The molecule has 9 heteroatoms. The van der Waals surface area contributed by atoms with E-state index >= 15 is 0 Å². The van der Waals surface area contributed by atoms with Gasteiger partial charge in [-0.05, 0) is 23.6 Å². The molecule has 0 N–H and O–H groups in total. The molecule has 138 valence electrons. The van der Waals surface area contributed by atoms with Crippen molar-refractivity contribution < 1.29 is 9.26 Å². The van der Waals surface area contributed by atoms with Gasteiger partial charge in [0.1, 0.15) is 0 Å². The molecule has 0 aromatic carbocycles. The maximum atomic E-state index is 5.44. The number of methoxy groups -OCH3 is 1. The Hall–Kier alpha value is -2.49. The van der Waals surface area contributed by atoms with Gasteiger partial charge in [-0.15, -0.1) is 21.5 Å². The smallest absolute Gasteiger partial charge is 0.191 e. The van der Waals surface area contributed by atoms with Gasteiger partial charge in [0.05, 0.1) is 23.7 Å². The highest BCUT2D eigenvalue weighted by molar-refractivity contribution is 7.98. The van der Waals surface area contributed by atoms with Crippen molar-refractivity contribution in [1.82, 2.24) is 24.9 Å². The Morgan fingerprint density at radius 1 is 1.22 bits per heavy atom. The van der Waals surface area contributed by atoms with Crippen LogP contribution < -0.4 is 0 Å². The van der Waals surface area contributed by atoms with Gasteiger partial charge in [0.2, 0.25) is 0 Å². The van der Waals surface area contributed by atoms with Crippen molar-refractivity contribution in [2.24, 2.45) is 0 Å². The van der Waals surface area contributed by atoms with Crippen LogP contribution in [0.25, 0.3) is 22.0 Å². The number of pyridine rings is 1. The number of nitrogens with zero attached hydrogens (tertiary/aromatic N) is 5. The molecule has 0 radical (unpaired) electrons. The van der Waals surface area contributed by atoms with Crippen LogP contribution in [0.3, 0.4) is 0 Å². The van der Waals surface area contributed by atoms with E-state index in [1.54, 1.807) is 42.6 Å². The van der Waals surface area contributed by atoms with Crippen molar-refractivity contribution in [2.75, 3.05) is 13.7 Å². The van der Waals surface area contributed by atoms with Gasteiger partial charge in [-0.25, -0.2) is 0 Å². The fraction of sp³-hybridized carbons (Fsp3) is 0.222. The molecule has 4 rings (SSSR count). The van der Waals surface area contributed by atoms with Gasteiger partial charge in [0.15, 0.2) is 16.7 Å². The van der Waals surface area contributed by atoms with Crippen LogP contribution in [0.1, 0.15) is 5.69 Å². The van der Waals surface area contributed by atoms with Crippen LogP contribution in [-0.4, -0.2) is 38.6 Å². The second kappa shape index (κ2) is 8.47. The number of aromatic nitrogens is 5. The Kier molecular flexibility index (Phi) is 5.61. The molecular formula is C18H17N5O2S2. The lowest BCUT2D eigenvalue weighted by Gasteiger charge is -2.09. The topological polar surface area (TPSA) is 78.9 Å². The van der Waals surface area contributed by atoms with Crippen LogP contribution in [0.4, 0.5) is 0 Å². The first-order valence-corrected chi connectivity index (χ1v) is 10.2. The van der Waals surface area contributed by atoms with Crippen LogP contribution in [-0.2, 0) is 17.0 Å². The third-order valence-corrected chi connectivity index (χ3v) is 5.73. The molecule has 4 aromatic rings. The van der Waals surface area contributed by atoms with E-state index in [1.165, 1.54) is 0 Å². The Balaban J connectivity index is 1.52. The summed E-state index contributed by atoms with van der Waals surface area (Å²) >= 11 is 3.21. The molecule has 0 fully saturated rings. The zero-order valence-corrected chi connectivity index (χ0v) is 16.2. The standard InChI is InChI=1S/C18H17N5O2S2/c1-24-9-8-23-17(13-4-6-19-7-5-13)20-21-18(23)27-12-14-11-15(25-22-14)16-3-2-10-26-16/h2-7,10-11H,8-9,12H2,1H3. The number of thioether (sulfide) groups is 1. The Bertz CT molecular complexity index is 983. The van der Waals surface area contributed by atoms with Crippen LogP contribution in [0.15, 0.2) is 57.8 Å². The SMILES string of the molecule is COCCn1c(SCc2cc(-c3cccs3)on2)nnc1-c1ccncc1. The lowest BCUT2D eigenvalue weighted by molar-refractivity contribution is 0.185. The second-order valence-corrected chi connectivity index (χ2v) is 7.53. The molecule has 0 unspecified atom stereocenters. The second-order valence-electron chi connectivity index (χ2n) is 5.63. The molecule has 27 heavy (non-hydrogen) atoms. The van der Waals surface area contributed by atoms with Crippen LogP contribution in [0.2, 0.25) is 0 Å². The normalized spacial score (nSPS) is 11.1. The Morgan fingerprint density at radius 3 is 2.89 bits per heavy atom. The maximum absolute atomic E-state index is 5.44. The van der Waals surface area contributed by atoms with E-state index < -0.39 is 0 Å². The van der Waals surface area contributed by atoms with Crippen LogP contribution in [0, 0.1) is 0 Å². The average molecular weight is 400 g/mol. The Morgan fingerprint density at radius 2 is 2.11 bits per heavy atom. The van der Waals surface area contributed by atoms with E-state index in [9.17, 15) is 0 Å². The third-order valence-electron chi connectivity index (χ3n) is 3.85. The first-order chi connectivity index (χ1) is 13.3. The molecule has 0 bridgehead atoms. The summed E-state index contributed by atoms with van der Waals surface area (Å²) in [5, 5.41) is 15.7. The molecule has 0 saturated carbocycles. The predicted molar refractivity (Wildman–Crippen MR) is 105 cm³/mol. The zero-order valence-electron chi connectivity index (χ0n) is 14.6. The summed E-state index contributed by atoms with van der Waals surface area (Å²) in [7, 11) is 1.69. The summed E-state index contributed by atoms with van der Waals surface area (Å²) in [4.78, 5) is 5.14.